The minimum atomic E-state index is -0.712. The molecule has 4 atom stereocenters. The van der Waals surface area contributed by atoms with Crippen molar-refractivity contribution in [3.8, 4) is 0 Å². The van der Waals surface area contributed by atoms with E-state index in [0.29, 0.717) is 12.8 Å². The fourth-order valence-corrected chi connectivity index (χ4v) is 4.88. The SMILES string of the molecule is Cc1nc2cc(C3CC=CCCCC(C)C(O)C(C)C(=O)C(C)(C)CCC(=O)O3)ccc2n1C. The topological polar surface area (TPSA) is 81.4 Å². The molecule has 1 aliphatic rings. The molecule has 1 aromatic heterocycles. The number of aliphatic hydroxyl groups excluding tert-OH is 1. The number of allylic oxidation sites excluding steroid dienone is 1. The van der Waals surface area contributed by atoms with E-state index in [1.54, 1.807) is 6.92 Å². The number of ketones is 1. The molecule has 6 heteroatoms. The zero-order valence-electron chi connectivity index (χ0n) is 21.5. The number of Topliss-reactive ketones (excluding diaryl/α,β-unsaturated/α-hetero) is 1. The summed E-state index contributed by atoms with van der Waals surface area (Å²) >= 11 is 0. The molecule has 6 nitrogen and oxygen atoms in total. The van der Waals surface area contributed by atoms with Crippen molar-refractivity contribution in [3.63, 3.8) is 0 Å². The molecule has 0 saturated carbocycles. The first-order chi connectivity index (χ1) is 16.0. The predicted molar refractivity (Wildman–Crippen MR) is 134 cm³/mol. The minimum absolute atomic E-state index is 0.000775. The number of nitrogens with zero attached hydrogens (tertiary/aromatic N) is 2. The van der Waals surface area contributed by atoms with Gasteiger partial charge in [-0.1, -0.05) is 45.9 Å². The summed E-state index contributed by atoms with van der Waals surface area (Å²) in [4.78, 5) is 30.6. The van der Waals surface area contributed by atoms with E-state index in [9.17, 15) is 14.7 Å². The summed E-state index contributed by atoms with van der Waals surface area (Å²) in [6.45, 7) is 9.50. The molecule has 1 aliphatic heterocycles. The molecule has 1 aromatic carbocycles. The van der Waals surface area contributed by atoms with Crippen LogP contribution >= 0.6 is 0 Å². The van der Waals surface area contributed by atoms with E-state index >= 15 is 0 Å². The summed E-state index contributed by atoms with van der Waals surface area (Å²) in [6, 6.07) is 6.04. The molecule has 0 fully saturated rings. The number of ether oxygens (including phenoxy) is 1. The van der Waals surface area contributed by atoms with Crippen molar-refractivity contribution in [1.82, 2.24) is 9.55 Å². The lowest BCUT2D eigenvalue weighted by molar-refractivity contribution is -0.150. The van der Waals surface area contributed by atoms with Crippen LogP contribution in [0.5, 0.6) is 0 Å². The van der Waals surface area contributed by atoms with E-state index in [4.69, 9.17) is 4.74 Å². The molecule has 1 N–H and O–H groups in total. The number of hydrogen-bond acceptors (Lipinski definition) is 5. The second kappa shape index (κ2) is 10.9. The Bertz CT molecular complexity index is 1050. The number of cyclic esters (lactones) is 1. The van der Waals surface area contributed by atoms with Crippen LogP contribution in [0.3, 0.4) is 0 Å². The minimum Gasteiger partial charge on any atom is -0.457 e. The number of rotatable bonds is 1. The summed E-state index contributed by atoms with van der Waals surface area (Å²) in [5.41, 5.74) is 2.14. The van der Waals surface area contributed by atoms with Gasteiger partial charge in [-0.05, 0) is 56.2 Å². The standard InChI is InChI=1S/C28H40N2O4/c1-18-11-9-7-8-10-12-24(21-13-14-23-22(17-21)29-20(3)30(23)6)34-25(31)15-16-28(4,5)27(33)19(2)26(18)32/h8,10,13-14,17-19,24,26,32H,7,9,11-12,15-16H2,1-6H3. The third-order valence-corrected chi connectivity index (χ3v) is 7.45. The van der Waals surface area contributed by atoms with Crippen LogP contribution in [0.1, 0.15) is 83.7 Å². The van der Waals surface area contributed by atoms with Crippen LogP contribution in [-0.2, 0) is 21.4 Å². The summed E-state index contributed by atoms with van der Waals surface area (Å²) in [6.07, 6.45) is 6.92. The van der Waals surface area contributed by atoms with Crippen molar-refractivity contribution >= 4 is 22.8 Å². The van der Waals surface area contributed by atoms with Crippen molar-refractivity contribution in [2.45, 2.75) is 85.4 Å². The lowest BCUT2D eigenvalue weighted by Crippen LogP contribution is -2.39. The van der Waals surface area contributed by atoms with Crippen LogP contribution < -0.4 is 0 Å². The Balaban J connectivity index is 1.84. The number of carbonyl (C=O) groups excluding carboxylic acids is 2. The van der Waals surface area contributed by atoms with E-state index in [2.05, 4.69) is 17.1 Å². The molecular weight excluding hydrogens is 428 g/mol. The van der Waals surface area contributed by atoms with Gasteiger partial charge in [0.15, 0.2) is 0 Å². The van der Waals surface area contributed by atoms with E-state index in [-0.39, 0.29) is 24.1 Å². The molecule has 186 valence electrons. The summed E-state index contributed by atoms with van der Waals surface area (Å²) < 4.78 is 7.98. The Morgan fingerprint density at radius 1 is 1.18 bits per heavy atom. The number of fused-ring (bicyclic) bond motifs is 1. The highest BCUT2D eigenvalue weighted by Gasteiger charge is 2.36. The molecular formula is C28H40N2O4. The molecule has 2 aromatic rings. The Morgan fingerprint density at radius 3 is 2.65 bits per heavy atom. The van der Waals surface area contributed by atoms with Crippen LogP contribution in [0.15, 0.2) is 30.4 Å². The first-order valence-electron chi connectivity index (χ1n) is 12.5. The number of aromatic nitrogens is 2. The second-order valence-corrected chi connectivity index (χ2v) is 10.6. The van der Waals surface area contributed by atoms with Crippen molar-refractivity contribution < 1.29 is 19.4 Å². The van der Waals surface area contributed by atoms with Gasteiger partial charge in [-0.25, -0.2) is 4.98 Å². The molecule has 0 aliphatic carbocycles. The normalized spacial score (nSPS) is 27.6. The summed E-state index contributed by atoms with van der Waals surface area (Å²) in [5, 5.41) is 10.7. The van der Waals surface area contributed by atoms with Gasteiger partial charge in [0, 0.05) is 31.2 Å². The van der Waals surface area contributed by atoms with Gasteiger partial charge < -0.3 is 14.4 Å². The zero-order chi connectivity index (χ0) is 25.0. The van der Waals surface area contributed by atoms with Gasteiger partial charge in [0.05, 0.1) is 17.1 Å². The molecule has 3 rings (SSSR count). The maximum absolute atomic E-state index is 13.1. The quantitative estimate of drug-likeness (QED) is 0.435. The fourth-order valence-electron chi connectivity index (χ4n) is 4.88. The van der Waals surface area contributed by atoms with E-state index < -0.39 is 23.5 Å². The molecule has 34 heavy (non-hydrogen) atoms. The number of imidazole rings is 1. The molecule has 0 spiro atoms. The van der Waals surface area contributed by atoms with Gasteiger partial charge in [-0.2, -0.15) is 0 Å². The molecule has 0 bridgehead atoms. The average Bonchev–Trinajstić information content (AvgIpc) is 3.09. The van der Waals surface area contributed by atoms with Crippen LogP contribution in [-0.4, -0.2) is 32.5 Å². The van der Waals surface area contributed by atoms with Crippen molar-refractivity contribution in [2.24, 2.45) is 24.3 Å². The van der Waals surface area contributed by atoms with Gasteiger partial charge in [0.25, 0.3) is 0 Å². The Morgan fingerprint density at radius 2 is 1.91 bits per heavy atom. The largest absolute Gasteiger partial charge is 0.457 e. The van der Waals surface area contributed by atoms with E-state index in [0.717, 1.165) is 41.7 Å². The zero-order valence-corrected chi connectivity index (χ0v) is 21.5. The molecule has 0 radical (unpaired) electrons. The van der Waals surface area contributed by atoms with E-state index in [1.807, 2.05) is 57.5 Å². The van der Waals surface area contributed by atoms with Gasteiger partial charge in [-0.15, -0.1) is 0 Å². The van der Waals surface area contributed by atoms with Crippen LogP contribution in [0.25, 0.3) is 11.0 Å². The van der Waals surface area contributed by atoms with Gasteiger partial charge >= 0.3 is 5.97 Å². The number of hydrogen-bond donors (Lipinski definition) is 1. The summed E-state index contributed by atoms with van der Waals surface area (Å²) in [5.74, 6) is 0.194. The number of benzene rings is 1. The molecule has 0 saturated heterocycles. The van der Waals surface area contributed by atoms with Gasteiger partial charge in [0.1, 0.15) is 17.7 Å². The Labute approximate surface area is 203 Å². The number of aryl methyl sites for hydroxylation is 2. The number of aliphatic hydroxyl groups is 1. The van der Waals surface area contributed by atoms with Crippen molar-refractivity contribution in [2.75, 3.05) is 0 Å². The first-order valence-corrected chi connectivity index (χ1v) is 12.5. The Hall–Kier alpha value is -2.47. The van der Waals surface area contributed by atoms with Gasteiger partial charge in [-0.3, -0.25) is 9.59 Å². The van der Waals surface area contributed by atoms with Crippen molar-refractivity contribution in [1.29, 1.82) is 0 Å². The van der Waals surface area contributed by atoms with Crippen molar-refractivity contribution in [3.05, 3.63) is 41.7 Å². The van der Waals surface area contributed by atoms with Gasteiger partial charge in [0.2, 0.25) is 0 Å². The highest BCUT2D eigenvalue weighted by Crippen LogP contribution is 2.33. The average molecular weight is 469 g/mol. The monoisotopic (exact) mass is 468 g/mol. The number of carbonyl (C=O) groups is 2. The Kier molecular flexibility index (Phi) is 8.34. The maximum Gasteiger partial charge on any atom is 0.306 e. The maximum atomic E-state index is 13.1. The molecule has 2 heterocycles. The molecule has 0 amide bonds. The first kappa shape index (κ1) is 26.1. The number of esters is 1. The fraction of sp³-hybridized carbons (Fsp3) is 0.607. The second-order valence-electron chi connectivity index (χ2n) is 10.6. The third kappa shape index (κ3) is 5.96. The highest BCUT2D eigenvalue weighted by atomic mass is 16.5. The van der Waals surface area contributed by atoms with Crippen LogP contribution in [0.2, 0.25) is 0 Å². The lowest BCUT2D eigenvalue weighted by Gasteiger charge is -2.31. The molecule has 4 unspecified atom stereocenters. The summed E-state index contributed by atoms with van der Waals surface area (Å²) in [7, 11) is 1.99. The van der Waals surface area contributed by atoms with Crippen LogP contribution in [0, 0.1) is 24.2 Å². The smallest absolute Gasteiger partial charge is 0.306 e. The predicted octanol–water partition coefficient (Wildman–Crippen LogP) is 5.60. The van der Waals surface area contributed by atoms with E-state index in [1.165, 1.54) is 0 Å². The highest BCUT2D eigenvalue weighted by molar-refractivity contribution is 5.87. The lowest BCUT2D eigenvalue weighted by atomic mass is 9.74. The third-order valence-electron chi connectivity index (χ3n) is 7.45. The van der Waals surface area contributed by atoms with Crippen LogP contribution in [0.4, 0.5) is 0 Å².